The minimum Gasteiger partial charge on any atom is -0.271 e. The van der Waals surface area contributed by atoms with E-state index >= 15 is 0 Å². The molecular weight excluding hydrogens is 220 g/mol. The Morgan fingerprint density at radius 1 is 1.44 bits per heavy atom. The molecule has 0 saturated carbocycles. The Morgan fingerprint density at radius 3 is 2.50 bits per heavy atom. The Labute approximate surface area is 103 Å². The number of benzene rings is 1. The summed E-state index contributed by atoms with van der Waals surface area (Å²) in [5.74, 6) is 5.66. The van der Waals surface area contributed by atoms with Crippen LogP contribution in [-0.4, -0.2) is 0 Å². The number of halogens is 1. The van der Waals surface area contributed by atoms with Crippen LogP contribution < -0.4 is 11.3 Å². The van der Waals surface area contributed by atoms with Gasteiger partial charge in [0.2, 0.25) is 0 Å². The lowest BCUT2D eigenvalue weighted by molar-refractivity contribution is 0.236. The SMILES string of the molecule is CCC(C)(C)C(NN)c1ccc(C)c(Cl)c1. The minimum atomic E-state index is 0.105. The fourth-order valence-electron chi connectivity index (χ4n) is 1.77. The summed E-state index contributed by atoms with van der Waals surface area (Å²) >= 11 is 6.14. The summed E-state index contributed by atoms with van der Waals surface area (Å²) in [6.07, 6.45) is 1.05. The van der Waals surface area contributed by atoms with Crippen LogP contribution in [0.1, 0.15) is 44.4 Å². The summed E-state index contributed by atoms with van der Waals surface area (Å²) in [6.45, 7) is 8.57. The lowest BCUT2D eigenvalue weighted by Gasteiger charge is -2.33. The van der Waals surface area contributed by atoms with E-state index in [-0.39, 0.29) is 11.5 Å². The summed E-state index contributed by atoms with van der Waals surface area (Å²) in [5.41, 5.74) is 5.24. The number of nitrogens with one attached hydrogen (secondary N) is 1. The molecule has 16 heavy (non-hydrogen) atoms. The van der Waals surface area contributed by atoms with Gasteiger partial charge in [0.15, 0.2) is 0 Å². The van der Waals surface area contributed by atoms with E-state index in [0.717, 1.165) is 22.6 Å². The van der Waals surface area contributed by atoms with Gasteiger partial charge in [-0.05, 0) is 36.0 Å². The van der Waals surface area contributed by atoms with E-state index in [0.29, 0.717) is 0 Å². The fraction of sp³-hybridized carbons (Fsp3) is 0.538. The van der Waals surface area contributed by atoms with Gasteiger partial charge in [-0.3, -0.25) is 11.3 Å². The number of rotatable bonds is 4. The van der Waals surface area contributed by atoms with Gasteiger partial charge in [0.1, 0.15) is 0 Å². The third-order valence-electron chi connectivity index (χ3n) is 3.39. The van der Waals surface area contributed by atoms with Gasteiger partial charge in [-0.25, -0.2) is 0 Å². The first kappa shape index (κ1) is 13.5. The zero-order chi connectivity index (χ0) is 12.3. The van der Waals surface area contributed by atoms with Crippen LogP contribution in [0.25, 0.3) is 0 Å². The average molecular weight is 241 g/mol. The van der Waals surface area contributed by atoms with E-state index in [1.54, 1.807) is 0 Å². The van der Waals surface area contributed by atoms with Gasteiger partial charge >= 0.3 is 0 Å². The first-order chi connectivity index (χ1) is 7.42. The smallest absolute Gasteiger partial charge is 0.0511 e. The first-order valence-electron chi connectivity index (χ1n) is 5.64. The zero-order valence-corrected chi connectivity index (χ0v) is 11.2. The Kier molecular flexibility index (Phi) is 4.36. The molecule has 0 aliphatic heterocycles. The lowest BCUT2D eigenvalue weighted by atomic mass is 9.78. The maximum Gasteiger partial charge on any atom is 0.0511 e. The molecule has 3 heteroatoms. The molecular formula is C13H21ClN2. The minimum absolute atomic E-state index is 0.105. The van der Waals surface area contributed by atoms with E-state index in [2.05, 4.69) is 32.3 Å². The van der Waals surface area contributed by atoms with Crippen LogP contribution in [0, 0.1) is 12.3 Å². The highest BCUT2D eigenvalue weighted by atomic mass is 35.5. The molecule has 0 heterocycles. The number of aryl methyl sites for hydroxylation is 1. The number of hydrogen-bond donors (Lipinski definition) is 2. The second kappa shape index (κ2) is 5.17. The summed E-state index contributed by atoms with van der Waals surface area (Å²) in [6, 6.07) is 6.24. The van der Waals surface area contributed by atoms with Gasteiger partial charge in [0.25, 0.3) is 0 Å². The van der Waals surface area contributed by atoms with Crippen LogP contribution in [0.3, 0.4) is 0 Å². The van der Waals surface area contributed by atoms with Crippen molar-refractivity contribution in [2.75, 3.05) is 0 Å². The molecule has 1 rings (SSSR count). The summed E-state index contributed by atoms with van der Waals surface area (Å²) in [7, 11) is 0. The Morgan fingerprint density at radius 2 is 2.06 bits per heavy atom. The van der Waals surface area contributed by atoms with Gasteiger partial charge < -0.3 is 0 Å². The van der Waals surface area contributed by atoms with Crippen LogP contribution in [0.2, 0.25) is 5.02 Å². The van der Waals surface area contributed by atoms with Gasteiger partial charge in [0, 0.05) is 5.02 Å². The molecule has 1 atom stereocenters. The molecule has 0 aliphatic carbocycles. The molecule has 0 aliphatic rings. The Bertz CT molecular complexity index is 361. The Balaban J connectivity index is 3.09. The van der Waals surface area contributed by atoms with Crippen molar-refractivity contribution in [3.05, 3.63) is 34.3 Å². The van der Waals surface area contributed by atoms with Gasteiger partial charge in [-0.2, -0.15) is 0 Å². The second-order valence-corrected chi connectivity index (χ2v) is 5.36. The molecule has 1 aromatic rings. The maximum absolute atomic E-state index is 6.14. The van der Waals surface area contributed by atoms with Crippen LogP contribution in [0.4, 0.5) is 0 Å². The largest absolute Gasteiger partial charge is 0.271 e. The van der Waals surface area contributed by atoms with Crippen molar-refractivity contribution in [3.63, 3.8) is 0 Å². The van der Waals surface area contributed by atoms with E-state index in [4.69, 9.17) is 17.4 Å². The van der Waals surface area contributed by atoms with Gasteiger partial charge in [0.05, 0.1) is 6.04 Å². The molecule has 0 aromatic heterocycles. The normalized spacial score (nSPS) is 13.9. The summed E-state index contributed by atoms with van der Waals surface area (Å²) in [4.78, 5) is 0. The Hall–Kier alpha value is -0.570. The highest BCUT2D eigenvalue weighted by molar-refractivity contribution is 6.31. The van der Waals surface area contributed by atoms with Crippen molar-refractivity contribution in [1.82, 2.24) is 5.43 Å². The standard InChI is InChI=1S/C13H21ClN2/c1-5-13(3,4)12(16-15)10-7-6-9(2)11(14)8-10/h6-8,12,16H,5,15H2,1-4H3. The molecule has 0 amide bonds. The van der Waals surface area contributed by atoms with Crippen molar-refractivity contribution >= 4 is 11.6 Å². The van der Waals surface area contributed by atoms with Crippen LogP contribution in [0.5, 0.6) is 0 Å². The highest BCUT2D eigenvalue weighted by Gasteiger charge is 2.28. The molecule has 90 valence electrons. The molecule has 0 fully saturated rings. The molecule has 3 N–H and O–H groups in total. The van der Waals surface area contributed by atoms with Crippen molar-refractivity contribution in [1.29, 1.82) is 0 Å². The van der Waals surface area contributed by atoms with E-state index in [9.17, 15) is 0 Å². The topological polar surface area (TPSA) is 38.0 Å². The van der Waals surface area contributed by atoms with Crippen LogP contribution in [0.15, 0.2) is 18.2 Å². The fourth-order valence-corrected chi connectivity index (χ4v) is 1.95. The molecule has 0 spiro atoms. The molecule has 2 nitrogen and oxygen atoms in total. The van der Waals surface area contributed by atoms with E-state index in [1.807, 2.05) is 19.1 Å². The molecule has 1 unspecified atom stereocenters. The molecule has 1 aromatic carbocycles. The van der Waals surface area contributed by atoms with Crippen molar-refractivity contribution in [3.8, 4) is 0 Å². The van der Waals surface area contributed by atoms with Crippen LogP contribution >= 0.6 is 11.6 Å². The molecule has 0 bridgehead atoms. The van der Waals surface area contributed by atoms with Gasteiger partial charge in [-0.1, -0.05) is 44.5 Å². The molecule has 0 saturated heterocycles. The third kappa shape index (κ3) is 2.76. The van der Waals surface area contributed by atoms with E-state index in [1.165, 1.54) is 0 Å². The van der Waals surface area contributed by atoms with Crippen molar-refractivity contribution < 1.29 is 0 Å². The number of hydrogen-bond acceptors (Lipinski definition) is 2. The number of hydrazine groups is 1. The number of nitrogens with two attached hydrogens (primary N) is 1. The van der Waals surface area contributed by atoms with E-state index < -0.39 is 0 Å². The van der Waals surface area contributed by atoms with Crippen molar-refractivity contribution in [2.45, 2.75) is 40.2 Å². The first-order valence-corrected chi connectivity index (χ1v) is 6.02. The third-order valence-corrected chi connectivity index (χ3v) is 3.80. The molecule has 0 radical (unpaired) electrons. The van der Waals surface area contributed by atoms with Gasteiger partial charge in [-0.15, -0.1) is 0 Å². The lowest BCUT2D eigenvalue weighted by Crippen LogP contribution is -2.38. The quantitative estimate of drug-likeness (QED) is 0.624. The maximum atomic E-state index is 6.14. The predicted octanol–water partition coefficient (Wildman–Crippen LogP) is 3.59. The summed E-state index contributed by atoms with van der Waals surface area (Å²) < 4.78 is 0. The predicted molar refractivity (Wildman–Crippen MR) is 70.3 cm³/mol. The van der Waals surface area contributed by atoms with Crippen LogP contribution in [-0.2, 0) is 0 Å². The monoisotopic (exact) mass is 240 g/mol. The average Bonchev–Trinajstić information content (AvgIpc) is 2.24. The zero-order valence-electron chi connectivity index (χ0n) is 10.5. The highest BCUT2D eigenvalue weighted by Crippen LogP contribution is 2.36. The summed E-state index contributed by atoms with van der Waals surface area (Å²) in [5, 5.41) is 0.796. The van der Waals surface area contributed by atoms with Crippen molar-refractivity contribution in [2.24, 2.45) is 11.3 Å². The second-order valence-electron chi connectivity index (χ2n) is 4.95.